The lowest BCUT2D eigenvalue weighted by atomic mass is 10.2. The zero-order valence-corrected chi connectivity index (χ0v) is 22.4. The van der Waals surface area contributed by atoms with Crippen LogP contribution in [0.1, 0.15) is 33.0 Å². The van der Waals surface area contributed by atoms with Gasteiger partial charge in [0, 0.05) is 68.6 Å². The largest absolute Gasteiger partial charge is 0.383 e. The summed E-state index contributed by atoms with van der Waals surface area (Å²) in [5.74, 6) is 0.432. The molecule has 0 aliphatic carbocycles. The van der Waals surface area contributed by atoms with E-state index in [0.29, 0.717) is 81.9 Å². The molecular formula is C27H34N6O4S. The number of carbonyl (C=O) groups is 2. The highest BCUT2D eigenvalue weighted by molar-refractivity contribution is 7.15. The van der Waals surface area contributed by atoms with E-state index >= 15 is 0 Å². The number of fused-ring (bicyclic) bond motifs is 1. The molecule has 202 valence electrons. The quantitative estimate of drug-likeness (QED) is 0.422. The number of guanidine groups is 1. The van der Waals surface area contributed by atoms with Crippen molar-refractivity contribution in [1.82, 2.24) is 10.2 Å². The van der Waals surface area contributed by atoms with Crippen LogP contribution in [-0.4, -0.2) is 82.0 Å². The summed E-state index contributed by atoms with van der Waals surface area (Å²) in [6.07, 6.45) is 6.87. The number of nitrogens with one attached hydrogen (secondary N) is 3. The van der Waals surface area contributed by atoms with Crippen LogP contribution >= 0.6 is 11.3 Å². The summed E-state index contributed by atoms with van der Waals surface area (Å²) in [4.78, 5) is 38.0. The van der Waals surface area contributed by atoms with Crippen molar-refractivity contribution in [2.45, 2.75) is 19.4 Å². The fraction of sp³-hybridized carbons (Fsp3) is 0.407. The van der Waals surface area contributed by atoms with E-state index in [0.717, 1.165) is 16.1 Å². The van der Waals surface area contributed by atoms with Gasteiger partial charge in [-0.15, -0.1) is 11.3 Å². The van der Waals surface area contributed by atoms with E-state index in [4.69, 9.17) is 14.5 Å². The molecule has 10 nitrogen and oxygen atoms in total. The second-order valence-electron chi connectivity index (χ2n) is 8.74. The summed E-state index contributed by atoms with van der Waals surface area (Å²) in [6, 6.07) is 9.39. The fourth-order valence-corrected chi connectivity index (χ4v) is 4.98. The van der Waals surface area contributed by atoms with Crippen LogP contribution in [-0.2, 0) is 20.8 Å². The molecule has 3 N–H and O–H groups in total. The zero-order valence-electron chi connectivity index (χ0n) is 21.6. The summed E-state index contributed by atoms with van der Waals surface area (Å²) in [5, 5.41) is 9.34. The van der Waals surface area contributed by atoms with E-state index in [1.807, 2.05) is 47.4 Å². The van der Waals surface area contributed by atoms with Gasteiger partial charge in [0.15, 0.2) is 0 Å². The van der Waals surface area contributed by atoms with Crippen LogP contribution in [0.15, 0.2) is 46.4 Å². The third-order valence-corrected chi connectivity index (χ3v) is 7.02. The Bertz CT molecular complexity index is 1190. The van der Waals surface area contributed by atoms with Crippen molar-refractivity contribution in [3.05, 3.63) is 51.7 Å². The minimum Gasteiger partial charge on any atom is -0.383 e. The standard InChI is InChI=1S/C27H34N6O4S/c1-36-14-11-28-10-8-25(34)31-21-5-4-6-22(18-21)32-27-29-9-3-2-7-23-20(19-30-27)17-24(38-23)26(35)33-12-15-37-16-13-33/h2,4-7,9,17-18,28H,3,8,10-16,19H2,1H3,(H,30,32)(H,31,34)/b7-2-,29-9?. The first kappa shape index (κ1) is 27.6. The number of hydrogen-bond donors (Lipinski definition) is 3. The number of carbonyl (C=O) groups excluding carboxylic acids is 2. The molecule has 0 radical (unpaired) electrons. The summed E-state index contributed by atoms with van der Waals surface area (Å²) >= 11 is 1.49. The molecule has 2 aliphatic heterocycles. The number of anilines is 2. The molecule has 0 atom stereocenters. The van der Waals surface area contributed by atoms with Crippen molar-refractivity contribution in [1.29, 1.82) is 0 Å². The summed E-state index contributed by atoms with van der Waals surface area (Å²) in [7, 11) is 1.65. The van der Waals surface area contributed by atoms with Crippen molar-refractivity contribution in [3.63, 3.8) is 0 Å². The van der Waals surface area contributed by atoms with Gasteiger partial charge in [0.25, 0.3) is 5.91 Å². The predicted octanol–water partition coefficient (Wildman–Crippen LogP) is 3.24. The van der Waals surface area contributed by atoms with Crippen LogP contribution in [0.5, 0.6) is 0 Å². The number of ether oxygens (including phenoxy) is 2. The Morgan fingerprint density at radius 1 is 1.16 bits per heavy atom. The molecule has 0 spiro atoms. The third kappa shape index (κ3) is 8.32. The molecule has 3 heterocycles. The second-order valence-corrected chi connectivity index (χ2v) is 9.82. The second kappa shape index (κ2) is 14.5. The number of methoxy groups -OCH3 is 1. The number of amides is 2. The van der Waals surface area contributed by atoms with Gasteiger partial charge in [-0.1, -0.05) is 12.1 Å². The van der Waals surface area contributed by atoms with Gasteiger partial charge in [-0.25, -0.2) is 9.98 Å². The van der Waals surface area contributed by atoms with E-state index in [1.165, 1.54) is 11.3 Å². The van der Waals surface area contributed by atoms with Crippen molar-refractivity contribution < 1.29 is 19.1 Å². The first-order chi connectivity index (χ1) is 18.6. The Labute approximate surface area is 226 Å². The van der Waals surface area contributed by atoms with Crippen molar-refractivity contribution >= 4 is 52.8 Å². The average Bonchev–Trinajstić information content (AvgIpc) is 3.34. The highest BCUT2D eigenvalue weighted by Gasteiger charge is 2.21. The maximum atomic E-state index is 13.0. The molecule has 0 bridgehead atoms. The number of morpholine rings is 1. The van der Waals surface area contributed by atoms with Crippen molar-refractivity contribution in [2.24, 2.45) is 9.98 Å². The van der Waals surface area contributed by atoms with Gasteiger partial charge in [-0.3, -0.25) is 9.59 Å². The van der Waals surface area contributed by atoms with E-state index in [-0.39, 0.29) is 11.8 Å². The molecule has 1 fully saturated rings. The number of nitrogens with zero attached hydrogens (tertiary/aromatic N) is 3. The molecule has 11 heteroatoms. The summed E-state index contributed by atoms with van der Waals surface area (Å²) < 4.78 is 10.4. The maximum absolute atomic E-state index is 13.0. The smallest absolute Gasteiger partial charge is 0.264 e. The molecule has 2 amide bonds. The Balaban J connectivity index is 1.39. The predicted molar refractivity (Wildman–Crippen MR) is 152 cm³/mol. The number of benzene rings is 1. The Kier molecular flexibility index (Phi) is 10.6. The zero-order chi connectivity index (χ0) is 26.6. The first-order valence-corrected chi connectivity index (χ1v) is 13.5. The van der Waals surface area contributed by atoms with E-state index in [2.05, 4.69) is 20.9 Å². The first-order valence-electron chi connectivity index (χ1n) is 12.7. The Hall–Kier alpha value is -3.38. The highest BCUT2D eigenvalue weighted by atomic mass is 32.1. The number of hydrogen-bond acceptors (Lipinski definition) is 9. The lowest BCUT2D eigenvalue weighted by Crippen LogP contribution is -2.40. The molecule has 2 aromatic rings. The van der Waals surface area contributed by atoms with Crippen LogP contribution in [0.3, 0.4) is 0 Å². The molecule has 0 saturated carbocycles. The number of thiophene rings is 1. The maximum Gasteiger partial charge on any atom is 0.264 e. The molecule has 1 aromatic carbocycles. The van der Waals surface area contributed by atoms with Crippen molar-refractivity contribution in [3.8, 4) is 0 Å². The van der Waals surface area contributed by atoms with Crippen LogP contribution in [0.25, 0.3) is 6.08 Å². The molecule has 2 aliphatic rings. The molecule has 1 aromatic heterocycles. The van der Waals surface area contributed by atoms with Crippen LogP contribution < -0.4 is 16.0 Å². The SMILES string of the molecule is COCCNCCC(=O)Nc1cccc(NC2=NCc3cc(C(=O)N4CCOCC4)sc3/C=C\CC=N2)c1. The molecular weight excluding hydrogens is 504 g/mol. The monoisotopic (exact) mass is 538 g/mol. The minimum absolute atomic E-state index is 0.0391. The summed E-state index contributed by atoms with van der Waals surface area (Å²) in [5.41, 5.74) is 2.44. The van der Waals surface area contributed by atoms with Crippen molar-refractivity contribution in [2.75, 3.05) is 63.7 Å². The normalized spacial score (nSPS) is 16.3. The van der Waals surface area contributed by atoms with Gasteiger partial charge in [0.05, 0.1) is 31.2 Å². The molecule has 1 saturated heterocycles. The van der Waals surface area contributed by atoms with Gasteiger partial charge in [-0.2, -0.15) is 0 Å². The van der Waals surface area contributed by atoms with Crippen LogP contribution in [0.4, 0.5) is 11.4 Å². The van der Waals surface area contributed by atoms with E-state index < -0.39 is 0 Å². The molecule has 0 unspecified atom stereocenters. The number of allylic oxidation sites excluding steroid dienone is 1. The number of aliphatic imine (C=N–C) groups is 2. The van der Waals surface area contributed by atoms with Gasteiger partial charge in [0.1, 0.15) is 0 Å². The highest BCUT2D eigenvalue weighted by Crippen LogP contribution is 2.27. The van der Waals surface area contributed by atoms with Crippen LogP contribution in [0, 0.1) is 0 Å². The molecule has 4 rings (SSSR count). The van der Waals surface area contributed by atoms with Gasteiger partial charge in [-0.05, 0) is 35.9 Å². The number of rotatable bonds is 9. The Morgan fingerprint density at radius 3 is 2.84 bits per heavy atom. The van der Waals surface area contributed by atoms with E-state index in [9.17, 15) is 9.59 Å². The minimum atomic E-state index is -0.0691. The lowest BCUT2D eigenvalue weighted by Gasteiger charge is -2.26. The third-order valence-electron chi connectivity index (χ3n) is 5.89. The van der Waals surface area contributed by atoms with Gasteiger partial charge in [0.2, 0.25) is 11.9 Å². The lowest BCUT2D eigenvalue weighted by molar-refractivity contribution is -0.116. The Morgan fingerprint density at radius 2 is 2.00 bits per heavy atom. The average molecular weight is 539 g/mol. The fourth-order valence-electron chi connectivity index (χ4n) is 3.91. The molecule has 38 heavy (non-hydrogen) atoms. The van der Waals surface area contributed by atoms with Gasteiger partial charge < -0.3 is 30.3 Å². The van der Waals surface area contributed by atoms with Crippen LogP contribution in [0.2, 0.25) is 0 Å². The van der Waals surface area contributed by atoms with Gasteiger partial charge >= 0.3 is 0 Å². The van der Waals surface area contributed by atoms with E-state index in [1.54, 1.807) is 13.3 Å². The topological polar surface area (TPSA) is 117 Å². The summed E-state index contributed by atoms with van der Waals surface area (Å²) in [6.45, 7) is 4.66.